The molecule has 0 aromatic carbocycles. The van der Waals surface area contributed by atoms with Crippen LogP contribution in [0, 0.1) is 0 Å². The lowest BCUT2D eigenvalue weighted by atomic mass is 10.3. The highest BCUT2D eigenvalue weighted by atomic mass is 32.2. The van der Waals surface area contributed by atoms with Crippen LogP contribution in [0.3, 0.4) is 0 Å². The zero-order chi connectivity index (χ0) is 14.3. The molecule has 1 aromatic rings. The fourth-order valence-corrected chi connectivity index (χ4v) is 3.85. The van der Waals surface area contributed by atoms with Gasteiger partial charge in [0.25, 0.3) is 0 Å². The number of carbonyl (C=O) groups excluding carboxylic acids is 1. The van der Waals surface area contributed by atoms with Crippen LogP contribution in [0.5, 0.6) is 0 Å². The summed E-state index contributed by atoms with van der Waals surface area (Å²) in [6, 6.07) is 3.43. The molecular weight excluding hydrogens is 286 g/mol. The third-order valence-corrected chi connectivity index (χ3v) is 5.59. The largest absolute Gasteiger partial charge is 0.466 e. The number of hydrogen-bond donors (Lipinski definition) is 1. The molecule has 1 N–H and O–H groups in total. The highest BCUT2D eigenvalue weighted by Crippen LogP contribution is 2.21. The van der Waals surface area contributed by atoms with E-state index in [4.69, 9.17) is 4.74 Å². The Morgan fingerprint density at radius 2 is 2.11 bits per heavy atom. The molecule has 1 rings (SSSR count). The van der Waals surface area contributed by atoms with E-state index in [0.717, 1.165) is 11.3 Å². The van der Waals surface area contributed by atoms with Gasteiger partial charge in [-0.05, 0) is 31.9 Å². The summed E-state index contributed by atoms with van der Waals surface area (Å²) >= 11 is 1.27. The summed E-state index contributed by atoms with van der Waals surface area (Å²) in [7, 11) is -3.44. The Hall–Kier alpha value is -0.920. The minimum Gasteiger partial charge on any atom is -0.466 e. The van der Waals surface area contributed by atoms with Crippen LogP contribution in [0.2, 0.25) is 0 Å². The zero-order valence-electron chi connectivity index (χ0n) is 11.1. The van der Waals surface area contributed by atoms with Crippen molar-refractivity contribution in [1.82, 2.24) is 4.72 Å². The highest BCUT2D eigenvalue weighted by molar-refractivity contribution is 7.91. The minimum absolute atomic E-state index is 0.223. The van der Waals surface area contributed by atoms with Gasteiger partial charge in [-0.25, -0.2) is 13.1 Å². The van der Waals surface area contributed by atoms with Crippen LogP contribution in [0.15, 0.2) is 16.3 Å². The van der Waals surface area contributed by atoms with Crippen molar-refractivity contribution < 1.29 is 17.9 Å². The van der Waals surface area contributed by atoms with Crippen LogP contribution in [-0.2, 0) is 26.0 Å². The van der Waals surface area contributed by atoms with Gasteiger partial charge in [-0.3, -0.25) is 4.79 Å². The Morgan fingerprint density at radius 1 is 1.37 bits per heavy atom. The van der Waals surface area contributed by atoms with Crippen molar-refractivity contribution in [1.29, 1.82) is 0 Å². The van der Waals surface area contributed by atoms with Crippen LogP contribution >= 0.6 is 11.3 Å². The molecule has 1 aromatic heterocycles. The molecule has 0 aliphatic carbocycles. The second-order valence-electron chi connectivity index (χ2n) is 3.88. The molecule has 7 heteroatoms. The second-order valence-corrected chi connectivity index (χ2v) is 7.04. The smallest absolute Gasteiger partial charge is 0.305 e. The molecule has 0 saturated carbocycles. The maximum atomic E-state index is 11.9. The second kappa shape index (κ2) is 7.62. The predicted molar refractivity (Wildman–Crippen MR) is 74.8 cm³/mol. The number of sulfonamides is 1. The van der Waals surface area contributed by atoms with Crippen molar-refractivity contribution in [3.8, 4) is 0 Å². The predicted octanol–water partition coefficient (Wildman–Crippen LogP) is 1.93. The van der Waals surface area contributed by atoms with Crippen molar-refractivity contribution in [3.63, 3.8) is 0 Å². The number of hydrogen-bond acceptors (Lipinski definition) is 5. The summed E-state index contributed by atoms with van der Waals surface area (Å²) < 4.78 is 31.4. The lowest BCUT2D eigenvalue weighted by molar-refractivity contribution is -0.143. The van der Waals surface area contributed by atoms with E-state index < -0.39 is 10.0 Å². The molecule has 0 radical (unpaired) electrons. The molecule has 0 aliphatic rings. The van der Waals surface area contributed by atoms with Gasteiger partial charge in [0.05, 0.1) is 6.61 Å². The zero-order valence-corrected chi connectivity index (χ0v) is 12.8. The minimum atomic E-state index is -3.44. The van der Waals surface area contributed by atoms with Gasteiger partial charge in [-0.1, -0.05) is 6.92 Å². The Labute approximate surface area is 118 Å². The standard InChI is InChI=1S/C12H19NO4S2/c1-3-10-7-8-12(18-10)19(15,16)13-9-5-6-11(14)17-4-2/h7-8,13H,3-6,9H2,1-2H3. The highest BCUT2D eigenvalue weighted by Gasteiger charge is 2.15. The van der Waals surface area contributed by atoms with Crippen molar-refractivity contribution in [2.75, 3.05) is 13.2 Å². The molecule has 108 valence electrons. The number of rotatable bonds is 8. The van der Waals surface area contributed by atoms with Gasteiger partial charge < -0.3 is 4.74 Å². The number of esters is 1. The van der Waals surface area contributed by atoms with Gasteiger partial charge in [0.15, 0.2) is 0 Å². The Balaban J connectivity index is 2.41. The summed E-state index contributed by atoms with van der Waals surface area (Å²) in [5, 5.41) is 0. The molecule has 0 atom stereocenters. The van der Waals surface area contributed by atoms with Crippen molar-refractivity contribution in [2.24, 2.45) is 0 Å². The molecule has 0 aliphatic heterocycles. The van der Waals surface area contributed by atoms with Crippen LogP contribution in [0.25, 0.3) is 0 Å². The monoisotopic (exact) mass is 305 g/mol. The molecule has 0 saturated heterocycles. The van der Waals surface area contributed by atoms with Crippen LogP contribution in [0.4, 0.5) is 0 Å². The third-order valence-electron chi connectivity index (χ3n) is 2.41. The first-order valence-corrected chi connectivity index (χ1v) is 8.53. The van der Waals surface area contributed by atoms with E-state index in [1.165, 1.54) is 11.3 Å². The molecule has 0 fully saturated rings. The van der Waals surface area contributed by atoms with E-state index in [1.807, 2.05) is 13.0 Å². The van der Waals surface area contributed by atoms with Crippen LogP contribution in [-0.4, -0.2) is 27.5 Å². The SMILES string of the molecule is CCOC(=O)CCCNS(=O)(=O)c1ccc(CC)s1. The molecule has 5 nitrogen and oxygen atoms in total. The molecule has 19 heavy (non-hydrogen) atoms. The van der Waals surface area contributed by atoms with E-state index in [1.54, 1.807) is 13.0 Å². The molecule has 0 amide bonds. The molecule has 0 spiro atoms. The number of thiophene rings is 1. The molecule has 1 heterocycles. The van der Waals surface area contributed by atoms with Gasteiger partial charge >= 0.3 is 5.97 Å². The Kier molecular flexibility index (Phi) is 6.47. The first kappa shape index (κ1) is 16.1. The number of nitrogens with one attached hydrogen (secondary N) is 1. The topological polar surface area (TPSA) is 72.5 Å². The van der Waals surface area contributed by atoms with E-state index >= 15 is 0 Å². The summed E-state index contributed by atoms with van der Waals surface area (Å²) in [5.41, 5.74) is 0. The van der Waals surface area contributed by atoms with Gasteiger partial charge in [0, 0.05) is 17.8 Å². The average Bonchev–Trinajstić information content (AvgIpc) is 2.84. The first-order valence-electron chi connectivity index (χ1n) is 6.23. The number of ether oxygens (including phenoxy) is 1. The van der Waals surface area contributed by atoms with Crippen LogP contribution in [0.1, 0.15) is 31.6 Å². The molecule has 0 unspecified atom stereocenters. The summed E-state index contributed by atoms with van der Waals surface area (Å²) in [6.45, 7) is 4.30. The van der Waals surface area contributed by atoms with Gasteiger partial charge in [-0.2, -0.15) is 0 Å². The lowest BCUT2D eigenvalue weighted by Crippen LogP contribution is -2.24. The van der Waals surface area contributed by atoms with Crippen LogP contribution < -0.4 is 4.72 Å². The van der Waals surface area contributed by atoms with Gasteiger partial charge in [0.2, 0.25) is 10.0 Å². The lowest BCUT2D eigenvalue weighted by Gasteiger charge is -2.04. The van der Waals surface area contributed by atoms with E-state index in [0.29, 0.717) is 17.2 Å². The summed E-state index contributed by atoms with van der Waals surface area (Å²) in [6.07, 6.45) is 1.48. The Bertz CT molecular complexity index is 508. The number of carbonyl (C=O) groups is 1. The first-order chi connectivity index (χ1) is 8.99. The molecule has 0 bridgehead atoms. The van der Waals surface area contributed by atoms with E-state index in [-0.39, 0.29) is 18.9 Å². The maximum absolute atomic E-state index is 11.9. The quantitative estimate of drug-likeness (QED) is 0.588. The van der Waals surface area contributed by atoms with Crippen molar-refractivity contribution >= 4 is 27.3 Å². The summed E-state index contributed by atoms with van der Waals surface area (Å²) in [4.78, 5) is 12.1. The van der Waals surface area contributed by atoms with Gasteiger partial charge in [-0.15, -0.1) is 11.3 Å². The van der Waals surface area contributed by atoms with E-state index in [2.05, 4.69) is 4.72 Å². The van der Waals surface area contributed by atoms with E-state index in [9.17, 15) is 13.2 Å². The van der Waals surface area contributed by atoms with Crippen molar-refractivity contribution in [3.05, 3.63) is 17.0 Å². The fourth-order valence-electron chi connectivity index (χ4n) is 1.44. The van der Waals surface area contributed by atoms with Gasteiger partial charge in [0.1, 0.15) is 4.21 Å². The normalized spacial score (nSPS) is 11.5. The fraction of sp³-hybridized carbons (Fsp3) is 0.583. The average molecular weight is 305 g/mol. The van der Waals surface area contributed by atoms with Crippen molar-refractivity contribution in [2.45, 2.75) is 37.3 Å². The summed E-state index contributed by atoms with van der Waals surface area (Å²) in [5.74, 6) is -0.300. The number of aryl methyl sites for hydroxylation is 1. The third kappa shape index (κ3) is 5.30. The molecular formula is C12H19NO4S2. The maximum Gasteiger partial charge on any atom is 0.305 e. The Morgan fingerprint density at radius 3 is 2.68 bits per heavy atom.